The van der Waals surface area contributed by atoms with Crippen LogP contribution in [-0.4, -0.2) is 14.8 Å². The highest BCUT2D eigenvalue weighted by atomic mass is 35.5. The Labute approximate surface area is 96.1 Å². The lowest BCUT2D eigenvalue weighted by molar-refractivity contribution is 0.872. The quantitative estimate of drug-likeness (QED) is 0.745. The molecule has 0 amide bonds. The van der Waals surface area contributed by atoms with E-state index in [1.165, 1.54) is 17.1 Å². The fourth-order valence-corrected chi connectivity index (χ4v) is 1.46. The van der Waals surface area contributed by atoms with Crippen molar-refractivity contribution in [3.8, 4) is 17.8 Å². The summed E-state index contributed by atoms with van der Waals surface area (Å²) in [4.78, 5) is 3.76. The predicted octanol–water partition coefficient (Wildman–Crippen LogP) is 1.66. The van der Waals surface area contributed by atoms with Crippen LogP contribution < -0.4 is 0 Å². The number of hydrogen-bond donors (Lipinski definition) is 0. The third-order valence-corrected chi connectivity index (χ3v) is 2.22. The minimum atomic E-state index is 0.0698. The summed E-state index contributed by atoms with van der Waals surface area (Å²) < 4.78 is 1.39. The van der Waals surface area contributed by atoms with Crippen LogP contribution in [0.2, 0.25) is 5.02 Å². The predicted molar refractivity (Wildman–Crippen MR) is 55.8 cm³/mol. The first-order chi connectivity index (χ1) is 7.74. The Hall–Kier alpha value is -2.37. The molecule has 0 aliphatic carbocycles. The van der Waals surface area contributed by atoms with E-state index < -0.39 is 0 Å². The van der Waals surface area contributed by atoms with Gasteiger partial charge in [0.15, 0.2) is 0 Å². The average molecular weight is 230 g/mol. The van der Waals surface area contributed by atoms with Crippen LogP contribution in [0, 0.1) is 22.7 Å². The van der Waals surface area contributed by atoms with E-state index in [1.807, 2.05) is 12.1 Å². The molecule has 0 radical (unpaired) electrons. The number of nitriles is 2. The van der Waals surface area contributed by atoms with Crippen LogP contribution in [0.25, 0.3) is 5.69 Å². The van der Waals surface area contributed by atoms with E-state index >= 15 is 0 Å². The van der Waals surface area contributed by atoms with Crippen molar-refractivity contribution in [2.75, 3.05) is 0 Å². The highest BCUT2D eigenvalue weighted by Crippen LogP contribution is 2.20. The first kappa shape index (κ1) is 10.2. The highest BCUT2D eigenvalue weighted by molar-refractivity contribution is 6.32. The Morgan fingerprint density at radius 1 is 1.25 bits per heavy atom. The number of aromatic nitrogens is 3. The third kappa shape index (κ3) is 1.72. The van der Waals surface area contributed by atoms with Crippen LogP contribution in [0.1, 0.15) is 11.4 Å². The van der Waals surface area contributed by atoms with Gasteiger partial charge in [-0.15, -0.1) is 5.10 Å². The van der Waals surface area contributed by atoms with Gasteiger partial charge < -0.3 is 0 Å². The van der Waals surface area contributed by atoms with Gasteiger partial charge in [-0.25, -0.2) is 9.67 Å². The summed E-state index contributed by atoms with van der Waals surface area (Å²) in [5, 5.41) is 21.5. The summed E-state index contributed by atoms with van der Waals surface area (Å²) in [7, 11) is 0. The van der Waals surface area contributed by atoms with Gasteiger partial charge in [0.2, 0.25) is 0 Å². The Balaban J connectivity index is 2.50. The Morgan fingerprint density at radius 3 is 2.62 bits per heavy atom. The van der Waals surface area contributed by atoms with Crippen LogP contribution >= 0.6 is 11.6 Å². The second-order valence-corrected chi connectivity index (χ2v) is 3.31. The van der Waals surface area contributed by atoms with Crippen molar-refractivity contribution in [2.45, 2.75) is 0 Å². The third-order valence-electron chi connectivity index (χ3n) is 1.92. The highest BCUT2D eigenvalue weighted by Gasteiger charge is 2.06. The molecule has 0 spiro atoms. The molecule has 0 saturated carbocycles. The van der Waals surface area contributed by atoms with E-state index in [2.05, 4.69) is 10.1 Å². The molecule has 0 bridgehead atoms. The van der Waals surface area contributed by atoms with E-state index in [4.69, 9.17) is 22.1 Å². The van der Waals surface area contributed by atoms with Crippen molar-refractivity contribution in [2.24, 2.45) is 0 Å². The van der Waals surface area contributed by atoms with Crippen molar-refractivity contribution < 1.29 is 0 Å². The molecule has 2 rings (SSSR count). The van der Waals surface area contributed by atoms with Crippen molar-refractivity contribution in [3.05, 3.63) is 40.9 Å². The van der Waals surface area contributed by atoms with Crippen molar-refractivity contribution in [1.29, 1.82) is 10.5 Å². The van der Waals surface area contributed by atoms with Crippen molar-refractivity contribution >= 4 is 11.6 Å². The first-order valence-electron chi connectivity index (χ1n) is 4.26. The average Bonchev–Trinajstić information content (AvgIpc) is 2.77. The molecule has 1 heterocycles. The van der Waals surface area contributed by atoms with Crippen molar-refractivity contribution in [3.63, 3.8) is 0 Å². The lowest BCUT2D eigenvalue weighted by Crippen LogP contribution is -1.96. The fourth-order valence-electron chi connectivity index (χ4n) is 1.19. The molecule has 2 aromatic rings. The summed E-state index contributed by atoms with van der Waals surface area (Å²) in [5.74, 6) is 0.0698. The van der Waals surface area contributed by atoms with E-state index in [1.54, 1.807) is 12.1 Å². The maximum atomic E-state index is 8.68. The maximum absolute atomic E-state index is 8.68. The van der Waals surface area contributed by atoms with Gasteiger partial charge in [-0.2, -0.15) is 10.5 Å². The van der Waals surface area contributed by atoms with Gasteiger partial charge in [-0.3, -0.25) is 0 Å². The van der Waals surface area contributed by atoms with Crippen LogP contribution in [0.5, 0.6) is 0 Å². The van der Waals surface area contributed by atoms with Crippen LogP contribution in [-0.2, 0) is 0 Å². The molecule has 0 N–H and O–H groups in total. The summed E-state index contributed by atoms with van der Waals surface area (Å²) in [6.07, 6.45) is 1.39. The number of halogens is 1. The summed E-state index contributed by atoms with van der Waals surface area (Å²) >= 11 is 5.97. The summed E-state index contributed by atoms with van der Waals surface area (Å²) in [6.45, 7) is 0. The molecule has 5 nitrogen and oxygen atoms in total. The zero-order valence-corrected chi connectivity index (χ0v) is 8.68. The molecule has 0 aliphatic rings. The summed E-state index contributed by atoms with van der Waals surface area (Å²) in [6, 6.07) is 8.60. The zero-order valence-electron chi connectivity index (χ0n) is 7.92. The van der Waals surface area contributed by atoms with Gasteiger partial charge in [-0.05, 0) is 18.2 Å². The van der Waals surface area contributed by atoms with Crippen LogP contribution in [0.15, 0.2) is 24.5 Å². The van der Waals surface area contributed by atoms with Gasteiger partial charge in [0.25, 0.3) is 5.82 Å². The Morgan fingerprint density at radius 2 is 2.06 bits per heavy atom. The molecular formula is C10H4ClN5. The van der Waals surface area contributed by atoms with Gasteiger partial charge in [0, 0.05) is 0 Å². The molecule has 1 aromatic carbocycles. The molecule has 0 atom stereocenters. The molecule has 1 aromatic heterocycles. The molecule has 76 valence electrons. The first-order valence-corrected chi connectivity index (χ1v) is 4.64. The van der Waals surface area contributed by atoms with Crippen molar-refractivity contribution in [1.82, 2.24) is 14.8 Å². The molecular weight excluding hydrogens is 226 g/mol. The largest absolute Gasteiger partial charge is 0.252 e. The second-order valence-electron chi connectivity index (χ2n) is 2.90. The minimum absolute atomic E-state index is 0.0698. The normalized spacial score (nSPS) is 9.44. The number of rotatable bonds is 1. The standard InChI is InChI=1S/C10H4ClN5/c11-8-3-7(4-12)1-2-9(8)16-6-14-10(5-13)15-16/h1-3,6H. The lowest BCUT2D eigenvalue weighted by Gasteiger charge is -2.02. The van der Waals surface area contributed by atoms with E-state index in [0.29, 0.717) is 16.3 Å². The van der Waals surface area contributed by atoms with Crippen LogP contribution in [0.4, 0.5) is 0 Å². The van der Waals surface area contributed by atoms with Gasteiger partial charge >= 0.3 is 0 Å². The molecule has 6 heteroatoms. The van der Waals surface area contributed by atoms with E-state index in [-0.39, 0.29) is 5.82 Å². The minimum Gasteiger partial charge on any atom is -0.218 e. The molecule has 0 unspecified atom stereocenters. The zero-order chi connectivity index (χ0) is 11.5. The topological polar surface area (TPSA) is 78.3 Å². The lowest BCUT2D eigenvalue weighted by atomic mass is 10.2. The molecule has 16 heavy (non-hydrogen) atoms. The fraction of sp³-hybridized carbons (Fsp3) is 0. The van der Waals surface area contributed by atoms with Gasteiger partial charge in [-0.1, -0.05) is 11.6 Å². The van der Waals surface area contributed by atoms with Crippen LogP contribution in [0.3, 0.4) is 0 Å². The smallest absolute Gasteiger partial charge is 0.218 e. The summed E-state index contributed by atoms with van der Waals surface area (Å²) in [5.41, 5.74) is 1.05. The molecule has 0 aliphatic heterocycles. The number of hydrogen-bond acceptors (Lipinski definition) is 4. The van der Waals surface area contributed by atoms with Gasteiger partial charge in [0.1, 0.15) is 12.4 Å². The Bertz CT molecular complexity index is 617. The number of benzene rings is 1. The monoisotopic (exact) mass is 229 g/mol. The molecule has 0 fully saturated rings. The van der Waals surface area contributed by atoms with E-state index in [0.717, 1.165) is 0 Å². The number of nitrogens with zero attached hydrogens (tertiary/aromatic N) is 5. The van der Waals surface area contributed by atoms with Gasteiger partial charge in [0.05, 0.1) is 22.3 Å². The van der Waals surface area contributed by atoms with E-state index in [9.17, 15) is 0 Å². The SMILES string of the molecule is N#Cc1ccc(-n2cnc(C#N)n2)c(Cl)c1. The Kier molecular flexibility index (Phi) is 2.55. The molecule has 0 saturated heterocycles. The maximum Gasteiger partial charge on any atom is 0.252 e. The second kappa shape index (κ2) is 4.01.